The fourth-order valence-electron chi connectivity index (χ4n) is 2.25. The van der Waals surface area contributed by atoms with E-state index in [-0.39, 0.29) is 22.9 Å². The zero-order chi connectivity index (χ0) is 14.7. The van der Waals surface area contributed by atoms with E-state index in [0.717, 1.165) is 25.9 Å². The van der Waals surface area contributed by atoms with Gasteiger partial charge in [0.25, 0.3) is 0 Å². The number of alkyl halides is 1. The fourth-order valence-corrected chi connectivity index (χ4v) is 3.62. The molecule has 0 spiro atoms. The number of rotatable bonds is 4. The quantitative estimate of drug-likeness (QED) is 0.661. The fraction of sp³-hybridized carbons (Fsp3) is 0.615. The second kappa shape index (κ2) is 6.78. The Hall–Kier alpha value is -0.790. The average Bonchev–Trinajstić information content (AvgIpc) is 2.79. The van der Waals surface area contributed by atoms with Gasteiger partial charge < -0.3 is 10.2 Å². The lowest BCUT2D eigenvalue weighted by molar-refractivity contribution is -0.121. The number of amides is 1. The van der Waals surface area contributed by atoms with Gasteiger partial charge in [-0.1, -0.05) is 27.3 Å². The van der Waals surface area contributed by atoms with Crippen molar-refractivity contribution >= 4 is 44.1 Å². The zero-order valence-electron chi connectivity index (χ0n) is 11.6. The highest BCUT2D eigenvalue weighted by molar-refractivity contribution is 9.09. The maximum absolute atomic E-state index is 12.2. The molecule has 1 aromatic heterocycles. The number of halogens is 1. The summed E-state index contributed by atoms with van der Waals surface area (Å²) in [6, 6.07) is 0. The van der Waals surface area contributed by atoms with E-state index in [4.69, 9.17) is 0 Å². The van der Waals surface area contributed by atoms with Gasteiger partial charge in [0.2, 0.25) is 5.91 Å². The van der Waals surface area contributed by atoms with Crippen LogP contribution >= 0.6 is 27.3 Å². The molecule has 7 heteroatoms. The number of carbonyl (C=O) groups is 2. The van der Waals surface area contributed by atoms with E-state index in [9.17, 15) is 9.59 Å². The van der Waals surface area contributed by atoms with Crippen LogP contribution in [0.1, 0.15) is 28.2 Å². The number of carbonyl (C=O) groups excluding carboxylic acids is 2. The van der Waals surface area contributed by atoms with Crippen LogP contribution in [0.4, 0.5) is 5.13 Å². The van der Waals surface area contributed by atoms with Crippen LogP contribution in [0.3, 0.4) is 0 Å². The monoisotopic (exact) mass is 359 g/mol. The number of aromatic nitrogens is 1. The minimum atomic E-state index is -0.000194. The normalized spacial score (nSPS) is 17.1. The second-order valence-corrected chi connectivity index (χ2v) is 6.62. The van der Waals surface area contributed by atoms with E-state index in [1.54, 1.807) is 6.92 Å². The van der Waals surface area contributed by atoms with Gasteiger partial charge in [-0.25, -0.2) is 4.98 Å². The Labute approximate surface area is 130 Å². The SMILES string of the molecule is Cc1nc(NC(=O)C2CCN(C)CC2)sc1C(=O)CBr. The number of thiazole rings is 1. The van der Waals surface area contributed by atoms with E-state index in [1.165, 1.54) is 11.3 Å². The van der Waals surface area contributed by atoms with Gasteiger partial charge in [-0.2, -0.15) is 0 Å². The summed E-state index contributed by atoms with van der Waals surface area (Å²) in [6.07, 6.45) is 1.75. The Morgan fingerprint density at radius 3 is 2.70 bits per heavy atom. The van der Waals surface area contributed by atoms with Crippen LogP contribution < -0.4 is 5.32 Å². The Morgan fingerprint density at radius 1 is 1.45 bits per heavy atom. The van der Waals surface area contributed by atoms with E-state index in [2.05, 4.69) is 38.2 Å². The molecule has 1 amide bonds. The third-order valence-corrected chi connectivity index (χ3v) is 5.11. The first kappa shape index (κ1) is 15.6. The molecule has 5 nitrogen and oxygen atoms in total. The zero-order valence-corrected chi connectivity index (χ0v) is 14.0. The molecule has 0 atom stereocenters. The summed E-state index contributed by atoms with van der Waals surface area (Å²) in [4.78, 5) is 31.0. The Bertz CT molecular complexity index is 510. The molecule has 0 saturated carbocycles. The molecule has 1 aliphatic rings. The van der Waals surface area contributed by atoms with Gasteiger partial charge >= 0.3 is 0 Å². The van der Waals surface area contributed by atoms with Crippen molar-refractivity contribution in [3.05, 3.63) is 10.6 Å². The van der Waals surface area contributed by atoms with Gasteiger partial charge in [-0.15, -0.1) is 0 Å². The topological polar surface area (TPSA) is 62.3 Å². The van der Waals surface area contributed by atoms with Crippen molar-refractivity contribution in [2.75, 3.05) is 30.8 Å². The minimum Gasteiger partial charge on any atom is -0.306 e. The van der Waals surface area contributed by atoms with Crippen LogP contribution in [0.5, 0.6) is 0 Å². The molecule has 0 aliphatic carbocycles. The van der Waals surface area contributed by atoms with Crippen LogP contribution in [0.2, 0.25) is 0 Å². The lowest BCUT2D eigenvalue weighted by atomic mass is 9.96. The van der Waals surface area contributed by atoms with Gasteiger partial charge in [0.15, 0.2) is 10.9 Å². The number of nitrogens with zero attached hydrogens (tertiary/aromatic N) is 2. The van der Waals surface area contributed by atoms with Gasteiger partial charge in [-0.05, 0) is 39.9 Å². The molecule has 0 bridgehead atoms. The summed E-state index contributed by atoms with van der Waals surface area (Å²) < 4.78 is 0. The minimum absolute atomic E-state index is 0.000194. The van der Waals surface area contributed by atoms with Crippen LogP contribution in [0.15, 0.2) is 0 Å². The number of nitrogens with one attached hydrogen (secondary N) is 1. The second-order valence-electron chi connectivity index (χ2n) is 5.06. The molecule has 110 valence electrons. The Balaban J connectivity index is 1.99. The number of ketones is 1. The maximum Gasteiger partial charge on any atom is 0.229 e. The molecule has 2 rings (SSSR count). The lowest BCUT2D eigenvalue weighted by Gasteiger charge is -2.27. The molecular weight excluding hydrogens is 342 g/mol. The van der Waals surface area contributed by atoms with Crippen molar-refractivity contribution in [2.24, 2.45) is 5.92 Å². The highest BCUT2D eigenvalue weighted by atomic mass is 79.9. The van der Waals surface area contributed by atoms with Crippen molar-refractivity contribution < 1.29 is 9.59 Å². The predicted molar refractivity (Wildman–Crippen MR) is 83.8 cm³/mol. The molecule has 20 heavy (non-hydrogen) atoms. The van der Waals surface area contributed by atoms with Gasteiger partial charge in [0, 0.05) is 5.92 Å². The summed E-state index contributed by atoms with van der Waals surface area (Å²) in [5.41, 5.74) is 0.679. The number of Topliss-reactive ketones (excluding diaryl/α,β-unsaturated/α-hetero) is 1. The molecule has 0 radical (unpaired) electrons. The number of hydrogen-bond donors (Lipinski definition) is 1. The Morgan fingerprint density at radius 2 is 2.10 bits per heavy atom. The molecular formula is C13H18BrN3O2S. The van der Waals surface area contributed by atoms with E-state index in [0.29, 0.717) is 15.7 Å². The van der Waals surface area contributed by atoms with E-state index >= 15 is 0 Å². The number of hydrogen-bond acceptors (Lipinski definition) is 5. The van der Waals surface area contributed by atoms with Crippen LogP contribution in [0, 0.1) is 12.8 Å². The summed E-state index contributed by atoms with van der Waals surface area (Å²) in [5.74, 6) is 0.0650. The number of anilines is 1. The van der Waals surface area contributed by atoms with E-state index in [1.807, 2.05) is 0 Å². The van der Waals surface area contributed by atoms with Crippen molar-refractivity contribution in [2.45, 2.75) is 19.8 Å². The van der Waals surface area contributed by atoms with Crippen molar-refractivity contribution in [3.8, 4) is 0 Å². The van der Waals surface area contributed by atoms with Crippen LogP contribution in [-0.4, -0.2) is 47.0 Å². The highest BCUT2D eigenvalue weighted by Crippen LogP contribution is 2.25. The van der Waals surface area contributed by atoms with Gasteiger partial charge in [0.05, 0.1) is 15.9 Å². The predicted octanol–water partition coefficient (Wildman–Crippen LogP) is 2.31. The number of likely N-dealkylation sites (tertiary alicyclic amines) is 1. The summed E-state index contributed by atoms with van der Waals surface area (Å²) in [5, 5.41) is 3.65. The molecule has 1 saturated heterocycles. The summed E-state index contributed by atoms with van der Waals surface area (Å²) in [7, 11) is 2.07. The summed E-state index contributed by atoms with van der Waals surface area (Å²) in [6.45, 7) is 3.68. The molecule has 1 fully saturated rings. The van der Waals surface area contributed by atoms with Gasteiger partial charge in [-0.3, -0.25) is 9.59 Å². The summed E-state index contributed by atoms with van der Waals surface area (Å²) >= 11 is 4.40. The molecule has 0 unspecified atom stereocenters. The molecule has 0 aromatic carbocycles. The molecule has 2 heterocycles. The van der Waals surface area contributed by atoms with Crippen LogP contribution in [0.25, 0.3) is 0 Å². The maximum atomic E-state index is 12.2. The first-order valence-electron chi connectivity index (χ1n) is 6.57. The molecule has 1 N–H and O–H groups in total. The van der Waals surface area contributed by atoms with E-state index < -0.39 is 0 Å². The Kier molecular flexibility index (Phi) is 5.29. The highest BCUT2D eigenvalue weighted by Gasteiger charge is 2.24. The standard InChI is InChI=1S/C13H18BrN3O2S/c1-8-11(10(18)7-14)20-13(15-8)16-12(19)9-3-5-17(2)6-4-9/h9H,3-7H2,1-2H3,(H,15,16,19). The largest absolute Gasteiger partial charge is 0.306 e. The first-order valence-corrected chi connectivity index (χ1v) is 8.51. The van der Waals surface area contributed by atoms with Crippen molar-refractivity contribution in [1.29, 1.82) is 0 Å². The first-order chi connectivity index (χ1) is 9.51. The number of aryl methyl sites for hydroxylation is 1. The van der Waals surface area contributed by atoms with Crippen molar-refractivity contribution in [1.82, 2.24) is 9.88 Å². The van der Waals surface area contributed by atoms with Crippen molar-refractivity contribution in [3.63, 3.8) is 0 Å². The average molecular weight is 360 g/mol. The van der Waals surface area contributed by atoms with Gasteiger partial charge in [0.1, 0.15) is 0 Å². The third-order valence-electron chi connectivity index (χ3n) is 3.49. The molecule has 1 aliphatic heterocycles. The smallest absolute Gasteiger partial charge is 0.229 e. The van der Waals surface area contributed by atoms with Crippen LogP contribution in [-0.2, 0) is 4.79 Å². The molecule has 1 aromatic rings. The number of piperidine rings is 1. The lowest BCUT2D eigenvalue weighted by Crippen LogP contribution is -2.35. The third kappa shape index (κ3) is 3.65.